The minimum atomic E-state index is -0.516. The van der Waals surface area contributed by atoms with Gasteiger partial charge in [0, 0.05) is 30.0 Å². The highest BCUT2D eigenvalue weighted by Crippen LogP contribution is 2.22. The van der Waals surface area contributed by atoms with E-state index in [1.807, 2.05) is 19.1 Å². The maximum absolute atomic E-state index is 13.8. The molecule has 0 aliphatic heterocycles. The lowest BCUT2D eigenvalue weighted by atomic mass is 10.1. The van der Waals surface area contributed by atoms with E-state index in [2.05, 4.69) is 20.9 Å². The molecule has 20 heavy (non-hydrogen) atoms. The largest absolute Gasteiger partial charge is 0.334 e. The highest BCUT2D eigenvalue weighted by molar-refractivity contribution is 9.10. The van der Waals surface area contributed by atoms with Gasteiger partial charge in [-0.05, 0) is 52.7 Å². The molecule has 1 heterocycles. The van der Waals surface area contributed by atoms with E-state index in [1.165, 1.54) is 6.07 Å². The Morgan fingerprint density at radius 2 is 2.00 bits per heavy atom. The van der Waals surface area contributed by atoms with Crippen LogP contribution < -0.4 is 0 Å². The molecule has 1 aromatic carbocycles. The van der Waals surface area contributed by atoms with E-state index < -0.39 is 5.82 Å². The summed E-state index contributed by atoms with van der Waals surface area (Å²) >= 11 is 3.23. The quantitative estimate of drug-likeness (QED) is 0.853. The number of carbonyl (C=O) groups excluding carboxylic acids is 1. The van der Waals surface area contributed by atoms with Crippen molar-refractivity contribution in [3.63, 3.8) is 0 Å². The van der Waals surface area contributed by atoms with Crippen molar-refractivity contribution < 1.29 is 9.18 Å². The van der Waals surface area contributed by atoms with Crippen molar-refractivity contribution in [2.24, 2.45) is 0 Å². The molecular formula is C15H14BrFN2O. The standard InChI is InChI=1S/C15H14BrFN2O/c1-2-19(10-11-6-8-18-9-7-11)15(20)14-12(16)4-3-5-13(14)17/h3-9H,2,10H2,1H3. The molecule has 0 saturated heterocycles. The molecule has 0 saturated carbocycles. The van der Waals surface area contributed by atoms with Crippen LogP contribution >= 0.6 is 15.9 Å². The maximum atomic E-state index is 13.8. The van der Waals surface area contributed by atoms with E-state index in [-0.39, 0.29) is 11.5 Å². The van der Waals surface area contributed by atoms with Crippen LogP contribution in [0.15, 0.2) is 47.2 Å². The van der Waals surface area contributed by atoms with Gasteiger partial charge in [-0.1, -0.05) is 6.07 Å². The Morgan fingerprint density at radius 1 is 1.30 bits per heavy atom. The number of hydrogen-bond acceptors (Lipinski definition) is 2. The van der Waals surface area contributed by atoms with Gasteiger partial charge in [-0.3, -0.25) is 9.78 Å². The maximum Gasteiger partial charge on any atom is 0.258 e. The molecule has 0 aliphatic carbocycles. The van der Waals surface area contributed by atoms with Crippen molar-refractivity contribution in [2.75, 3.05) is 6.54 Å². The number of halogens is 2. The van der Waals surface area contributed by atoms with E-state index in [9.17, 15) is 9.18 Å². The van der Waals surface area contributed by atoms with E-state index in [4.69, 9.17) is 0 Å². The van der Waals surface area contributed by atoms with Gasteiger partial charge in [-0.2, -0.15) is 0 Å². The SMILES string of the molecule is CCN(Cc1ccncc1)C(=O)c1c(F)cccc1Br. The summed E-state index contributed by atoms with van der Waals surface area (Å²) in [6.07, 6.45) is 3.35. The fourth-order valence-electron chi connectivity index (χ4n) is 1.90. The average Bonchev–Trinajstić information content (AvgIpc) is 2.45. The second-order valence-electron chi connectivity index (χ2n) is 4.27. The summed E-state index contributed by atoms with van der Waals surface area (Å²) in [5, 5.41) is 0. The van der Waals surface area contributed by atoms with Crippen molar-refractivity contribution in [2.45, 2.75) is 13.5 Å². The molecule has 0 unspecified atom stereocenters. The zero-order valence-electron chi connectivity index (χ0n) is 11.0. The number of carbonyl (C=O) groups is 1. The Bertz CT molecular complexity index is 584. The number of amides is 1. The molecule has 0 radical (unpaired) electrons. The van der Waals surface area contributed by atoms with Crippen molar-refractivity contribution in [1.82, 2.24) is 9.88 Å². The summed E-state index contributed by atoms with van der Waals surface area (Å²) in [4.78, 5) is 18.0. The van der Waals surface area contributed by atoms with E-state index >= 15 is 0 Å². The number of aromatic nitrogens is 1. The lowest BCUT2D eigenvalue weighted by Crippen LogP contribution is -2.31. The molecule has 0 spiro atoms. The van der Waals surface area contributed by atoms with Crippen LogP contribution in [0.4, 0.5) is 4.39 Å². The number of hydrogen-bond donors (Lipinski definition) is 0. The van der Waals surface area contributed by atoms with Gasteiger partial charge in [-0.25, -0.2) is 4.39 Å². The zero-order chi connectivity index (χ0) is 14.5. The number of nitrogens with zero attached hydrogens (tertiary/aromatic N) is 2. The molecule has 0 atom stereocenters. The van der Waals surface area contributed by atoms with Gasteiger partial charge in [0.15, 0.2) is 0 Å². The summed E-state index contributed by atoms with van der Waals surface area (Å²) in [5.41, 5.74) is 1.03. The summed E-state index contributed by atoms with van der Waals surface area (Å²) in [7, 11) is 0. The monoisotopic (exact) mass is 336 g/mol. The minimum absolute atomic E-state index is 0.0726. The molecule has 1 amide bonds. The molecule has 104 valence electrons. The second-order valence-corrected chi connectivity index (χ2v) is 5.13. The van der Waals surface area contributed by atoms with Gasteiger partial charge in [-0.15, -0.1) is 0 Å². The molecule has 3 nitrogen and oxygen atoms in total. The van der Waals surface area contributed by atoms with Crippen molar-refractivity contribution >= 4 is 21.8 Å². The van der Waals surface area contributed by atoms with Gasteiger partial charge < -0.3 is 4.90 Å². The first-order chi connectivity index (χ1) is 9.63. The van der Waals surface area contributed by atoms with Crippen molar-refractivity contribution in [1.29, 1.82) is 0 Å². The third kappa shape index (κ3) is 3.22. The Balaban J connectivity index is 2.26. The van der Waals surface area contributed by atoms with Gasteiger partial charge in [0.1, 0.15) is 5.82 Å². The molecule has 0 bridgehead atoms. The van der Waals surface area contributed by atoms with Crippen molar-refractivity contribution in [3.05, 3.63) is 64.1 Å². The molecule has 2 rings (SSSR count). The van der Waals surface area contributed by atoms with Crippen molar-refractivity contribution in [3.8, 4) is 0 Å². The first kappa shape index (κ1) is 14.7. The van der Waals surface area contributed by atoms with Gasteiger partial charge in [0.05, 0.1) is 5.56 Å². The van der Waals surface area contributed by atoms with Crippen LogP contribution in [0.2, 0.25) is 0 Å². The molecular weight excluding hydrogens is 323 g/mol. The highest BCUT2D eigenvalue weighted by atomic mass is 79.9. The third-order valence-corrected chi connectivity index (χ3v) is 3.63. The van der Waals surface area contributed by atoms with Crippen LogP contribution in [0.3, 0.4) is 0 Å². The Morgan fingerprint density at radius 3 is 2.60 bits per heavy atom. The molecule has 2 aromatic rings. The zero-order valence-corrected chi connectivity index (χ0v) is 12.6. The number of benzene rings is 1. The molecule has 0 N–H and O–H groups in total. The van der Waals surface area contributed by atoms with Crippen LogP contribution in [-0.2, 0) is 6.54 Å². The first-order valence-electron chi connectivity index (χ1n) is 6.25. The fraction of sp³-hybridized carbons (Fsp3) is 0.200. The Labute approximate surface area is 125 Å². The molecule has 5 heteroatoms. The summed E-state index contributed by atoms with van der Waals surface area (Å²) < 4.78 is 14.3. The van der Waals surface area contributed by atoms with Crippen LogP contribution in [0.1, 0.15) is 22.8 Å². The first-order valence-corrected chi connectivity index (χ1v) is 7.05. The van der Waals surface area contributed by atoms with Gasteiger partial charge >= 0.3 is 0 Å². The summed E-state index contributed by atoms with van der Waals surface area (Å²) in [6.45, 7) is 2.80. The Kier molecular flexibility index (Phi) is 4.84. The van der Waals surface area contributed by atoms with Gasteiger partial charge in [0.2, 0.25) is 0 Å². The summed E-state index contributed by atoms with van der Waals surface area (Å²) in [5.74, 6) is -0.841. The normalized spacial score (nSPS) is 10.3. The van der Waals surface area contributed by atoms with Crippen LogP contribution in [0.5, 0.6) is 0 Å². The smallest absolute Gasteiger partial charge is 0.258 e. The molecule has 0 fully saturated rings. The van der Waals surface area contributed by atoms with Crippen LogP contribution in [-0.4, -0.2) is 22.3 Å². The van der Waals surface area contributed by atoms with E-state index in [0.29, 0.717) is 17.6 Å². The highest BCUT2D eigenvalue weighted by Gasteiger charge is 2.20. The van der Waals surface area contributed by atoms with Crippen LogP contribution in [0, 0.1) is 5.82 Å². The number of pyridine rings is 1. The fourth-order valence-corrected chi connectivity index (χ4v) is 2.41. The predicted octanol–water partition coefficient (Wildman–Crippen LogP) is 3.65. The number of rotatable bonds is 4. The Hall–Kier alpha value is -1.75. The van der Waals surface area contributed by atoms with Crippen LogP contribution in [0.25, 0.3) is 0 Å². The topological polar surface area (TPSA) is 33.2 Å². The molecule has 0 aliphatic rings. The van der Waals surface area contributed by atoms with E-state index in [0.717, 1.165) is 5.56 Å². The average molecular weight is 337 g/mol. The minimum Gasteiger partial charge on any atom is -0.334 e. The van der Waals surface area contributed by atoms with E-state index in [1.54, 1.807) is 29.4 Å². The summed E-state index contributed by atoms with van der Waals surface area (Å²) in [6, 6.07) is 8.20. The lowest BCUT2D eigenvalue weighted by Gasteiger charge is -2.21. The lowest BCUT2D eigenvalue weighted by molar-refractivity contribution is 0.0747. The predicted molar refractivity (Wildman–Crippen MR) is 78.8 cm³/mol. The second kappa shape index (κ2) is 6.61. The molecule has 1 aromatic heterocycles. The third-order valence-electron chi connectivity index (χ3n) is 2.97. The van der Waals surface area contributed by atoms with Gasteiger partial charge in [0.25, 0.3) is 5.91 Å².